The summed E-state index contributed by atoms with van der Waals surface area (Å²) in [5.41, 5.74) is 2.56. The van der Waals surface area contributed by atoms with E-state index in [1.807, 2.05) is 6.92 Å². The number of aliphatic hydroxyl groups excluding tert-OH is 1. The Hall–Kier alpha value is -0.860. The zero-order chi connectivity index (χ0) is 9.97. The first-order chi connectivity index (χ1) is 6.81. The van der Waals surface area contributed by atoms with Gasteiger partial charge in [-0.25, -0.2) is 0 Å². The highest BCUT2D eigenvalue weighted by molar-refractivity contribution is 5.29. The Labute approximate surface area is 84.5 Å². The first-order valence-corrected chi connectivity index (χ1v) is 5.09. The first kappa shape index (κ1) is 9.69. The zero-order valence-electron chi connectivity index (χ0n) is 8.44. The van der Waals surface area contributed by atoms with Crippen molar-refractivity contribution in [2.45, 2.75) is 18.8 Å². The molecule has 1 fully saturated rings. The molecule has 0 saturated carbocycles. The fourth-order valence-electron chi connectivity index (χ4n) is 1.65. The molecule has 76 valence electrons. The van der Waals surface area contributed by atoms with Gasteiger partial charge in [-0.3, -0.25) is 0 Å². The lowest BCUT2D eigenvalue weighted by molar-refractivity contribution is 0.00838. The predicted molar refractivity (Wildman–Crippen MR) is 55.5 cm³/mol. The summed E-state index contributed by atoms with van der Waals surface area (Å²) >= 11 is 0. The van der Waals surface area contributed by atoms with Gasteiger partial charge in [-0.2, -0.15) is 0 Å². The van der Waals surface area contributed by atoms with Crippen molar-refractivity contribution in [3.05, 3.63) is 35.4 Å². The van der Waals surface area contributed by atoms with E-state index in [1.165, 1.54) is 11.1 Å². The average molecular weight is 192 g/mol. The molecule has 0 radical (unpaired) electrons. The Morgan fingerprint density at radius 2 is 2.29 bits per heavy atom. The summed E-state index contributed by atoms with van der Waals surface area (Å²) in [5, 5.41) is 9.06. The monoisotopic (exact) mass is 192 g/mol. The van der Waals surface area contributed by atoms with Crippen LogP contribution in [0.15, 0.2) is 24.3 Å². The van der Waals surface area contributed by atoms with E-state index in [0.29, 0.717) is 5.92 Å². The number of rotatable bonds is 3. The largest absolute Gasteiger partial charge is 0.396 e. The summed E-state index contributed by atoms with van der Waals surface area (Å²) in [4.78, 5) is 0. The minimum absolute atomic E-state index is 0.213. The summed E-state index contributed by atoms with van der Waals surface area (Å²) < 4.78 is 5.17. The molecule has 0 aliphatic carbocycles. The topological polar surface area (TPSA) is 29.5 Å². The van der Waals surface area contributed by atoms with Gasteiger partial charge < -0.3 is 9.84 Å². The molecule has 0 aromatic heterocycles. The van der Waals surface area contributed by atoms with E-state index >= 15 is 0 Å². The molecule has 1 atom stereocenters. The number of hydrogen-bond acceptors (Lipinski definition) is 2. The van der Waals surface area contributed by atoms with Gasteiger partial charge >= 0.3 is 0 Å². The van der Waals surface area contributed by atoms with Crippen LogP contribution < -0.4 is 0 Å². The molecule has 1 aliphatic heterocycles. The van der Waals surface area contributed by atoms with E-state index in [1.54, 1.807) is 0 Å². The Balaban J connectivity index is 2.17. The molecule has 0 bridgehead atoms. The summed E-state index contributed by atoms with van der Waals surface area (Å²) in [5.74, 6) is 0.803. The second kappa shape index (κ2) is 4.11. The van der Waals surface area contributed by atoms with Crippen molar-refractivity contribution < 1.29 is 9.84 Å². The van der Waals surface area contributed by atoms with Gasteiger partial charge in [0.15, 0.2) is 0 Å². The Kier molecular flexibility index (Phi) is 2.85. The molecule has 1 saturated heterocycles. The summed E-state index contributed by atoms with van der Waals surface area (Å²) in [6, 6.07) is 8.47. The Morgan fingerprint density at radius 1 is 1.50 bits per heavy atom. The molecular formula is C12H16O2. The average Bonchev–Trinajstić information content (AvgIpc) is 2.14. The third-order valence-electron chi connectivity index (χ3n) is 2.86. The normalized spacial score (nSPS) is 19.0. The second-order valence-electron chi connectivity index (χ2n) is 3.99. The van der Waals surface area contributed by atoms with Crippen molar-refractivity contribution in [1.82, 2.24) is 0 Å². The van der Waals surface area contributed by atoms with Gasteiger partial charge in [0.2, 0.25) is 0 Å². The molecule has 1 aliphatic rings. The quantitative estimate of drug-likeness (QED) is 0.792. The third-order valence-corrected chi connectivity index (χ3v) is 2.86. The van der Waals surface area contributed by atoms with Crippen LogP contribution in [-0.4, -0.2) is 24.9 Å². The van der Waals surface area contributed by atoms with Crippen molar-refractivity contribution in [2.24, 2.45) is 0 Å². The van der Waals surface area contributed by atoms with Crippen LogP contribution in [0.5, 0.6) is 0 Å². The molecule has 2 nitrogen and oxygen atoms in total. The van der Waals surface area contributed by atoms with Crippen LogP contribution in [0, 0.1) is 0 Å². The third kappa shape index (κ3) is 1.81. The number of benzene rings is 1. The fraction of sp³-hybridized carbons (Fsp3) is 0.500. The lowest BCUT2D eigenvalue weighted by Crippen LogP contribution is -2.25. The minimum Gasteiger partial charge on any atom is -0.396 e. The van der Waals surface area contributed by atoms with Gasteiger partial charge in [0, 0.05) is 18.4 Å². The van der Waals surface area contributed by atoms with Crippen molar-refractivity contribution in [3.63, 3.8) is 0 Å². The van der Waals surface area contributed by atoms with E-state index in [2.05, 4.69) is 24.3 Å². The maximum absolute atomic E-state index is 9.06. The fourth-order valence-corrected chi connectivity index (χ4v) is 1.65. The molecule has 14 heavy (non-hydrogen) atoms. The molecule has 1 unspecified atom stereocenters. The standard InChI is InChI=1S/C12H16O2/c1-9(6-13)10-3-2-4-11(5-10)12-7-14-8-12/h2-5,9,12-13H,6-8H2,1H3. The maximum Gasteiger partial charge on any atom is 0.0557 e. The van der Waals surface area contributed by atoms with Gasteiger partial charge in [-0.15, -0.1) is 0 Å². The molecule has 2 rings (SSSR count). The molecule has 1 N–H and O–H groups in total. The van der Waals surface area contributed by atoms with Crippen LogP contribution >= 0.6 is 0 Å². The van der Waals surface area contributed by atoms with Gasteiger partial charge in [0.1, 0.15) is 0 Å². The maximum atomic E-state index is 9.06. The van der Waals surface area contributed by atoms with Crippen LogP contribution in [0.25, 0.3) is 0 Å². The summed E-state index contributed by atoms with van der Waals surface area (Å²) in [6.45, 7) is 3.94. The van der Waals surface area contributed by atoms with Crippen molar-refractivity contribution in [1.29, 1.82) is 0 Å². The van der Waals surface area contributed by atoms with Gasteiger partial charge in [-0.1, -0.05) is 31.2 Å². The molecule has 0 amide bonds. The number of ether oxygens (including phenoxy) is 1. The van der Waals surface area contributed by atoms with Crippen LogP contribution in [-0.2, 0) is 4.74 Å². The van der Waals surface area contributed by atoms with Crippen LogP contribution in [0.3, 0.4) is 0 Å². The van der Waals surface area contributed by atoms with E-state index in [0.717, 1.165) is 13.2 Å². The van der Waals surface area contributed by atoms with Gasteiger partial charge in [0.05, 0.1) is 13.2 Å². The SMILES string of the molecule is CC(CO)c1cccc(C2COC2)c1. The molecule has 0 spiro atoms. The Morgan fingerprint density at radius 3 is 2.86 bits per heavy atom. The predicted octanol–water partition coefficient (Wildman–Crippen LogP) is 1.90. The minimum atomic E-state index is 0.213. The molecule has 1 aromatic rings. The number of hydrogen-bond donors (Lipinski definition) is 1. The molecular weight excluding hydrogens is 176 g/mol. The highest BCUT2D eigenvalue weighted by Crippen LogP contribution is 2.26. The van der Waals surface area contributed by atoms with E-state index < -0.39 is 0 Å². The van der Waals surface area contributed by atoms with E-state index in [9.17, 15) is 0 Å². The van der Waals surface area contributed by atoms with E-state index in [-0.39, 0.29) is 12.5 Å². The highest BCUT2D eigenvalue weighted by Gasteiger charge is 2.20. The lowest BCUT2D eigenvalue weighted by atomic mass is 9.92. The van der Waals surface area contributed by atoms with Crippen molar-refractivity contribution >= 4 is 0 Å². The van der Waals surface area contributed by atoms with Crippen molar-refractivity contribution in [3.8, 4) is 0 Å². The highest BCUT2D eigenvalue weighted by atomic mass is 16.5. The number of aliphatic hydroxyl groups is 1. The van der Waals surface area contributed by atoms with Crippen LogP contribution in [0.1, 0.15) is 29.9 Å². The summed E-state index contributed by atoms with van der Waals surface area (Å²) in [7, 11) is 0. The van der Waals surface area contributed by atoms with Crippen LogP contribution in [0.4, 0.5) is 0 Å². The smallest absolute Gasteiger partial charge is 0.0557 e. The first-order valence-electron chi connectivity index (χ1n) is 5.09. The summed E-state index contributed by atoms with van der Waals surface area (Å²) in [6.07, 6.45) is 0. The van der Waals surface area contributed by atoms with E-state index in [4.69, 9.17) is 9.84 Å². The zero-order valence-corrected chi connectivity index (χ0v) is 8.44. The Bertz CT molecular complexity index is 285. The molecule has 2 heteroatoms. The molecule has 1 heterocycles. The second-order valence-corrected chi connectivity index (χ2v) is 3.99. The van der Waals surface area contributed by atoms with Crippen LogP contribution in [0.2, 0.25) is 0 Å². The van der Waals surface area contributed by atoms with Crippen molar-refractivity contribution in [2.75, 3.05) is 19.8 Å². The van der Waals surface area contributed by atoms with Gasteiger partial charge in [0.25, 0.3) is 0 Å². The van der Waals surface area contributed by atoms with Gasteiger partial charge in [-0.05, 0) is 11.1 Å². The lowest BCUT2D eigenvalue weighted by Gasteiger charge is -2.27. The molecule has 1 aromatic carbocycles.